The maximum Gasteiger partial charge on any atom is 0.355 e. The van der Waals surface area contributed by atoms with Crippen LogP contribution in [0.1, 0.15) is 85.5 Å². The van der Waals surface area contributed by atoms with E-state index in [0.717, 1.165) is 25.7 Å². The third-order valence-electron chi connectivity index (χ3n) is 5.85. The molecular weight excluding hydrogens is 380 g/mol. The maximum atomic E-state index is 13.5. The van der Waals surface area contributed by atoms with Gasteiger partial charge in [-0.05, 0) is 46.1 Å². The summed E-state index contributed by atoms with van der Waals surface area (Å²) in [5.41, 5.74) is 2.14. The Morgan fingerprint density at radius 2 is 1.83 bits per heavy atom. The van der Waals surface area contributed by atoms with E-state index in [0.29, 0.717) is 29.1 Å². The molecule has 0 aliphatic carbocycles. The number of esters is 1. The minimum atomic E-state index is -0.652. The fraction of sp³-hybridized carbons (Fsp3) is 0.625. The van der Waals surface area contributed by atoms with Crippen molar-refractivity contribution in [1.82, 2.24) is 9.47 Å². The molecule has 6 nitrogen and oxygen atoms in total. The van der Waals surface area contributed by atoms with Crippen LogP contribution in [0, 0.1) is 19.8 Å². The summed E-state index contributed by atoms with van der Waals surface area (Å²) in [6.45, 7) is 15.5. The van der Waals surface area contributed by atoms with Crippen LogP contribution >= 0.6 is 0 Å². The van der Waals surface area contributed by atoms with E-state index >= 15 is 0 Å². The normalized spacial score (nSPS) is 12.9. The Labute approximate surface area is 181 Å². The summed E-state index contributed by atoms with van der Waals surface area (Å²) in [5.74, 6) is -0.731. The molecule has 168 valence electrons. The molecule has 1 rings (SSSR count). The summed E-state index contributed by atoms with van der Waals surface area (Å²) in [5, 5.41) is 0. The molecule has 0 aliphatic rings. The molecule has 1 aromatic rings. The average Bonchev–Trinajstić information content (AvgIpc) is 2.94. The second kappa shape index (κ2) is 11.7. The Balaban J connectivity index is 3.30. The number of amides is 1. The topological polar surface area (TPSA) is 68.6 Å². The van der Waals surface area contributed by atoms with Crippen molar-refractivity contribution in [2.45, 2.75) is 73.3 Å². The van der Waals surface area contributed by atoms with Crippen LogP contribution in [0.3, 0.4) is 0 Å². The molecule has 0 saturated heterocycles. The summed E-state index contributed by atoms with van der Waals surface area (Å²) >= 11 is 0. The summed E-state index contributed by atoms with van der Waals surface area (Å²) in [6, 6.07) is -0.652. The fourth-order valence-corrected chi connectivity index (χ4v) is 3.95. The molecule has 30 heavy (non-hydrogen) atoms. The highest BCUT2D eigenvalue weighted by molar-refractivity contribution is 6.06. The van der Waals surface area contributed by atoms with E-state index in [4.69, 9.17) is 4.74 Å². The SMILES string of the molecule is C=CCN(C(=O)[C@H](CC)CCCC)[C@@H](C)C(=O)c1c(C)c(C(=O)OCC)n(C)c1C. The van der Waals surface area contributed by atoms with Gasteiger partial charge in [-0.2, -0.15) is 0 Å². The van der Waals surface area contributed by atoms with Crippen molar-refractivity contribution in [1.29, 1.82) is 0 Å². The van der Waals surface area contributed by atoms with Crippen LogP contribution in [0.15, 0.2) is 12.7 Å². The van der Waals surface area contributed by atoms with Crippen LogP contribution < -0.4 is 0 Å². The number of hydrogen-bond donors (Lipinski definition) is 0. The van der Waals surface area contributed by atoms with Gasteiger partial charge in [-0.25, -0.2) is 4.79 Å². The van der Waals surface area contributed by atoms with E-state index in [2.05, 4.69) is 13.5 Å². The lowest BCUT2D eigenvalue weighted by Gasteiger charge is -2.31. The summed E-state index contributed by atoms with van der Waals surface area (Å²) in [7, 11) is 1.75. The number of carbonyl (C=O) groups is 3. The minimum absolute atomic E-state index is 0.0106. The van der Waals surface area contributed by atoms with E-state index in [1.165, 1.54) is 0 Å². The first-order valence-corrected chi connectivity index (χ1v) is 11.0. The number of aromatic nitrogens is 1. The van der Waals surface area contributed by atoms with Gasteiger partial charge in [0.2, 0.25) is 5.91 Å². The van der Waals surface area contributed by atoms with E-state index in [9.17, 15) is 14.4 Å². The summed E-state index contributed by atoms with van der Waals surface area (Å²) in [6.07, 6.45) is 5.22. The third-order valence-corrected chi connectivity index (χ3v) is 5.85. The van der Waals surface area contributed by atoms with Gasteiger partial charge in [-0.15, -0.1) is 6.58 Å². The molecule has 1 aromatic heterocycles. The number of rotatable bonds is 12. The lowest BCUT2D eigenvalue weighted by molar-refractivity contribution is -0.136. The van der Waals surface area contributed by atoms with Crippen LogP contribution in [-0.4, -0.2) is 46.3 Å². The second-order valence-corrected chi connectivity index (χ2v) is 7.78. The second-order valence-electron chi connectivity index (χ2n) is 7.78. The number of nitrogens with zero attached hydrogens (tertiary/aromatic N) is 2. The quantitative estimate of drug-likeness (QED) is 0.282. The molecule has 0 aliphatic heterocycles. The Kier molecular flexibility index (Phi) is 10.0. The van der Waals surface area contributed by atoms with E-state index in [1.807, 2.05) is 13.8 Å². The minimum Gasteiger partial charge on any atom is -0.461 e. The van der Waals surface area contributed by atoms with Crippen LogP contribution in [0.25, 0.3) is 0 Å². The largest absolute Gasteiger partial charge is 0.461 e. The van der Waals surface area contributed by atoms with Crippen molar-refractivity contribution < 1.29 is 19.1 Å². The highest BCUT2D eigenvalue weighted by Gasteiger charge is 2.33. The monoisotopic (exact) mass is 418 g/mol. The molecule has 0 unspecified atom stereocenters. The standard InChI is InChI=1S/C24H38N2O4/c1-9-13-14-19(11-3)23(28)26(15-10-2)18(7)22(27)20-16(5)21(24(29)30-12-4)25(8)17(20)6/h10,18-19H,2,9,11-15H2,1,3-8H3/t18-,19+/m0/s1. The lowest BCUT2D eigenvalue weighted by Crippen LogP contribution is -2.46. The number of ether oxygens (including phenoxy) is 1. The zero-order valence-electron chi connectivity index (χ0n) is 19.7. The van der Waals surface area contributed by atoms with Crippen molar-refractivity contribution in [3.05, 3.63) is 35.2 Å². The van der Waals surface area contributed by atoms with Crippen molar-refractivity contribution >= 4 is 17.7 Å². The van der Waals surface area contributed by atoms with Crippen molar-refractivity contribution in [2.75, 3.05) is 13.2 Å². The lowest BCUT2D eigenvalue weighted by atomic mass is 9.95. The first kappa shape index (κ1) is 25.7. The number of carbonyl (C=O) groups excluding carboxylic acids is 3. The van der Waals surface area contributed by atoms with Gasteiger partial charge in [0.1, 0.15) is 5.69 Å². The van der Waals surface area contributed by atoms with Gasteiger partial charge in [0, 0.05) is 30.8 Å². The van der Waals surface area contributed by atoms with E-state index in [1.54, 1.807) is 43.4 Å². The third kappa shape index (κ3) is 5.41. The predicted molar refractivity (Wildman–Crippen MR) is 120 cm³/mol. The summed E-state index contributed by atoms with van der Waals surface area (Å²) < 4.78 is 6.85. The van der Waals surface area contributed by atoms with Gasteiger partial charge >= 0.3 is 5.97 Å². The molecule has 2 atom stereocenters. The van der Waals surface area contributed by atoms with Crippen LogP contribution in [0.2, 0.25) is 0 Å². The number of unbranched alkanes of at least 4 members (excludes halogenated alkanes) is 1. The Morgan fingerprint density at radius 3 is 2.33 bits per heavy atom. The first-order valence-electron chi connectivity index (χ1n) is 11.0. The molecule has 1 heterocycles. The predicted octanol–water partition coefficient (Wildman–Crippen LogP) is 4.62. The molecule has 0 fully saturated rings. The van der Waals surface area contributed by atoms with Crippen LogP contribution in [-0.2, 0) is 16.6 Å². The van der Waals surface area contributed by atoms with Crippen molar-refractivity contribution in [3.63, 3.8) is 0 Å². The molecular formula is C24H38N2O4. The van der Waals surface area contributed by atoms with Gasteiger partial charge in [-0.1, -0.05) is 32.8 Å². The summed E-state index contributed by atoms with van der Waals surface area (Å²) in [4.78, 5) is 40.7. The van der Waals surface area contributed by atoms with Gasteiger partial charge in [0.25, 0.3) is 0 Å². The molecule has 0 bridgehead atoms. The average molecular weight is 419 g/mol. The number of ketones is 1. The molecule has 6 heteroatoms. The zero-order chi connectivity index (χ0) is 23.0. The van der Waals surface area contributed by atoms with Crippen molar-refractivity contribution in [3.8, 4) is 0 Å². The molecule has 0 aromatic carbocycles. The molecule has 0 radical (unpaired) electrons. The van der Waals surface area contributed by atoms with E-state index < -0.39 is 12.0 Å². The van der Waals surface area contributed by atoms with Crippen LogP contribution in [0.4, 0.5) is 0 Å². The number of hydrogen-bond acceptors (Lipinski definition) is 4. The Morgan fingerprint density at radius 1 is 1.20 bits per heavy atom. The Hall–Kier alpha value is -2.37. The molecule has 0 spiro atoms. The first-order chi connectivity index (χ1) is 14.2. The smallest absolute Gasteiger partial charge is 0.355 e. The number of Topliss-reactive ketones (excluding diaryl/α,β-unsaturated/α-hetero) is 1. The highest BCUT2D eigenvalue weighted by Crippen LogP contribution is 2.26. The molecule has 0 N–H and O–H groups in total. The fourth-order valence-electron chi connectivity index (χ4n) is 3.95. The maximum absolute atomic E-state index is 13.5. The molecule has 1 amide bonds. The van der Waals surface area contributed by atoms with Gasteiger partial charge in [0.15, 0.2) is 5.78 Å². The highest BCUT2D eigenvalue weighted by atomic mass is 16.5. The van der Waals surface area contributed by atoms with E-state index in [-0.39, 0.29) is 24.2 Å². The van der Waals surface area contributed by atoms with Gasteiger partial charge in [0.05, 0.1) is 12.6 Å². The Bertz CT molecular complexity index is 779. The zero-order valence-corrected chi connectivity index (χ0v) is 19.7. The molecule has 0 saturated carbocycles. The van der Waals surface area contributed by atoms with Gasteiger partial charge < -0.3 is 14.2 Å². The van der Waals surface area contributed by atoms with Crippen molar-refractivity contribution in [2.24, 2.45) is 13.0 Å². The van der Waals surface area contributed by atoms with Gasteiger partial charge in [-0.3, -0.25) is 9.59 Å². The van der Waals surface area contributed by atoms with Crippen LogP contribution in [0.5, 0.6) is 0 Å².